The minimum Gasteiger partial charge on any atom is -0.354 e. The molecule has 1 aromatic heterocycles. The number of hydrogen-bond donors (Lipinski definition) is 1. The molecule has 1 aliphatic heterocycles. The molecular formula is C12H22N6O2S. The molecule has 1 fully saturated rings. The van der Waals surface area contributed by atoms with Crippen molar-refractivity contribution in [3.63, 3.8) is 0 Å². The molecule has 2 heterocycles. The average molecular weight is 314 g/mol. The first-order valence-electron chi connectivity index (χ1n) is 6.93. The summed E-state index contributed by atoms with van der Waals surface area (Å²) in [5.41, 5.74) is 0. The summed E-state index contributed by atoms with van der Waals surface area (Å²) in [5.74, 6) is 1.92. The van der Waals surface area contributed by atoms with Crippen LogP contribution in [0.4, 0.5) is 17.8 Å². The number of rotatable bonds is 5. The molecule has 0 aromatic carbocycles. The Bertz CT molecular complexity index is 604. The Kier molecular flexibility index (Phi) is 4.50. The smallest absolute Gasteiger partial charge is 0.231 e. The van der Waals surface area contributed by atoms with E-state index in [1.165, 1.54) is 0 Å². The number of nitrogens with one attached hydrogen (secondary N) is 1. The zero-order valence-corrected chi connectivity index (χ0v) is 13.7. The highest BCUT2D eigenvalue weighted by molar-refractivity contribution is 7.91. The van der Waals surface area contributed by atoms with Crippen LogP contribution in [0, 0.1) is 0 Å². The Morgan fingerprint density at radius 1 is 1.19 bits per heavy atom. The predicted molar refractivity (Wildman–Crippen MR) is 83.8 cm³/mol. The van der Waals surface area contributed by atoms with Crippen molar-refractivity contribution in [2.75, 3.05) is 54.3 Å². The van der Waals surface area contributed by atoms with Gasteiger partial charge in [0, 0.05) is 33.7 Å². The summed E-state index contributed by atoms with van der Waals surface area (Å²) in [7, 11) is 2.61. The fourth-order valence-electron chi connectivity index (χ4n) is 2.19. The summed E-state index contributed by atoms with van der Waals surface area (Å²) in [6, 6.07) is -0.0816. The highest BCUT2D eigenvalue weighted by atomic mass is 32.2. The first kappa shape index (κ1) is 15.7. The van der Waals surface area contributed by atoms with Crippen LogP contribution in [0.25, 0.3) is 0 Å². The molecule has 0 aliphatic carbocycles. The van der Waals surface area contributed by atoms with Crippen molar-refractivity contribution in [3.8, 4) is 0 Å². The molecule has 21 heavy (non-hydrogen) atoms. The normalized spacial score (nSPS) is 20.3. The molecule has 0 amide bonds. The van der Waals surface area contributed by atoms with Gasteiger partial charge in [0.2, 0.25) is 17.8 Å². The van der Waals surface area contributed by atoms with Gasteiger partial charge in [0.15, 0.2) is 9.84 Å². The topological polar surface area (TPSA) is 91.3 Å². The van der Waals surface area contributed by atoms with E-state index in [4.69, 9.17) is 0 Å². The molecule has 0 radical (unpaired) electrons. The van der Waals surface area contributed by atoms with Gasteiger partial charge in [-0.05, 0) is 13.3 Å². The molecule has 8 nitrogen and oxygen atoms in total. The van der Waals surface area contributed by atoms with Gasteiger partial charge in [-0.3, -0.25) is 0 Å². The van der Waals surface area contributed by atoms with Crippen molar-refractivity contribution in [1.29, 1.82) is 0 Å². The summed E-state index contributed by atoms with van der Waals surface area (Å²) in [4.78, 5) is 16.7. The standard InChI is InChI=1S/C12H22N6O2S/c1-5-13-10-14-11(17(2)3)16-12(15-10)18(4)9-6-7-21(19,20)8-9/h9H,5-8H2,1-4H3,(H,13,14,15,16). The lowest BCUT2D eigenvalue weighted by atomic mass is 10.2. The fraction of sp³-hybridized carbons (Fsp3) is 0.750. The number of aromatic nitrogens is 3. The van der Waals surface area contributed by atoms with Gasteiger partial charge < -0.3 is 15.1 Å². The fourth-order valence-corrected chi connectivity index (χ4v) is 3.97. The molecule has 1 N–H and O–H groups in total. The summed E-state index contributed by atoms with van der Waals surface area (Å²) >= 11 is 0. The molecule has 0 saturated carbocycles. The van der Waals surface area contributed by atoms with E-state index in [0.717, 1.165) is 0 Å². The predicted octanol–water partition coefficient (Wildman–Crippen LogP) is -0.00730. The minimum absolute atomic E-state index is 0.0816. The van der Waals surface area contributed by atoms with Gasteiger partial charge in [0.25, 0.3) is 0 Å². The monoisotopic (exact) mass is 314 g/mol. The molecule has 1 aliphatic rings. The second-order valence-electron chi connectivity index (χ2n) is 5.35. The van der Waals surface area contributed by atoms with Gasteiger partial charge in [-0.25, -0.2) is 8.42 Å². The van der Waals surface area contributed by atoms with Crippen molar-refractivity contribution in [3.05, 3.63) is 0 Å². The first-order valence-corrected chi connectivity index (χ1v) is 8.75. The molecule has 1 atom stereocenters. The van der Waals surface area contributed by atoms with E-state index in [-0.39, 0.29) is 17.5 Å². The van der Waals surface area contributed by atoms with Crippen molar-refractivity contribution >= 4 is 27.7 Å². The van der Waals surface area contributed by atoms with E-state index in [1.807, 2.05) is 33.0 Å². The Labute approximate surface area is 125 Å². The maximum atomic E-state index is 11.6. The lowest BCUT2D eigenvalue weighted by Gasteiger charge is -2.24. The van der Waals surface area contributed by atoms with Gasteiger partial charge in [0.1, 0.15) is 0 Å². The molecule has 9 heteroatoms. The third kappa shape index (κ3) is 3.72. The lowest BCUT2D eigenvalue weighted by molar-refractivity contribution is 0.600. The largest absolute Gasteiger partial charge is 0.354 e. The lowest BCUT2D eigenvalue weighted by Crippen LogP contribution is -2.34. The molecule has 2 rings (SSSR count). The van der Waals surface area contributed by atoms with Crippen LogP contribution in [0.15, 0.2) is 0 Å². The number of nitrogens with zero attached hydrogens (tertiary/aromatic N) is 5. The molecule has 1 unspecified atom stereocenters. The zero-order chi connectivity index (χ0) is 15.6. The van der Waals surface area contributed by atoms with Gasteiger partial charge in [0.05, 0.1) is 11.5 Å². The van der Waals surface area contributed by atoms with Crippen molar-refractivity contribution in [2.24, 2.45) is 0 Å². The third-order valence-electron chi connectivity index (χ3n) is 3.42. The van der Waals surface area contributed by atoms with E-state index in [1.54, 1.807) is 4.90 Å². The highest BCUT2D eigenvalue weighted by Gasteiger charge is 2.32. The molecular weight excluding hydrogens is 292 g/mol. The van der Waals surface area contributed by atoms with Crippen LogP contribution >= 0.6 is 0 Å². The van der Waals surface area contributed by atoms with Crippen LogP contribution < -0.4 is 15.1 Å². The average Bonchev–Trinajstić information content (AvgIpc) is 2.78. The van der Waals surface area contributed by atoms with Crippen LogP contribution in [-0.4, -0.2) is 68.6 Å². The second kappa shape index (κ2) is 6.00. The molecule has 118 valence electrons. The van der Waals surface area contributed by atoms with E-state index in [9.17, 15) is 8.42 Å². The van der Waals surface area contributed by atoms with Crippen LogP contribution in [-0.2, 0) is 9.84 Å². The molecule has 0 spiro atoms. The van der Waals surface area contributed by atoms with Crippen molar-refractivity contribution < 1.29 is 8.42 Å². The summed E-state index contributed by atoms with van der Waals surface area (Å²) < 4.78 is 23.2. The van der Waals surface area contributed by atoms with E-state index in [0.29, 0.717) is 30.8 Å². The van der Waals surface area contributed by atoms with Crippen LogP contribution in [0.1, 0.15) is 13.3 Å². The summed E-state index contributed by atoms with van der Waals surface area (Å²) in [6.07, 6.45) is 0.609. The zero-order valence-electron chi connectivity index (χ0n) is 12.9. The summed E-state index contributed by atoms with van der Waals surface area (Å²) in [5, 5.41) is 3.07. The minimum atomic E-state index is -2.93. The number of anilines is 3. The van der Waals surface area contributed by atoms with Gasteiger partial charge >= 0.3 is 0 Å². The molecule has 1 aromatic rings. The second-order valence-corrected chi connectivity index (χ2v) is 7.58. The maximum absolute atomic E-state index is 11.6. The molecule has 1 saturated heterocycles. The van der Waals surface area contributed by atoms with Gasteiger partial charge in [-0.2, -0.15) is 15.0 Å². The van der Waals surface area contributed by atoms with Crippen LogP contribution in [0.3, 0.4) is 0 Å². The SMILES string of the molecule is CCNc1nc(N(C)C)nc(N(C)C2CCS(=O)(=O)C2)n1. The number of hydrogen-bond acceptors (Lipinski definition) is 8. The first-order chi connectivity index (χ1) is 9.82. The Hall–Kier alpha value is -1.64. The summed E-state index contributed by atoms with van der Waals surface area (Å²) in [6.45, 7) is 2.67. The quantitative estimate of drug-likeness (QED) is 0.811. The van der Waals surface area contributed by atoms with E-state index >= 15 is 0 Å². The third-order valence-corrected chi connectivity index (χ3v) is 5.17. The van der Waals surface area contributed by atoms with Crippen molar-refractivity contribution in [2.45, 2.75) is 19.4 Å². The van der Waals surface area contributed by atoms with Gasteiger partial charge in [-0.15, -0.1) is 0 Å². The van der Waals surface area contributed by atoms with Crippen LogP contribution in [0.2, 0.25) is 0 Å². The van der Waals surface area contributed by atoms with Crippen LogP contribution in [0.5, 0.6) is 0 Å². The Morgan fingerprint density at radius 2 is 1.86 bits per heavy atom. The highest BCUT2D eigenvalue weighted by Crippen LogP contribution is 2.22. The van der Waals surface area contributed by atoms with Crippen molar-refractivity contribution in [1.82, 2.24) is 15.0 Å². The Morgan fingerprint density at radius 3 is 2.38 bits per heavy atom. The Balaban J connectivity index is 2.29. The number of sulfone groups is 1. The van der Waals surface area contributed by atoms with Gasteiger partial charge in [-0.1, -0.05) is 0 Å². The maximum Gasteiger partial charge on any atom is 0.231 e. The van der Waals surface area contributed by atoms with E-state index in [2.05, 4.69) is 20.3 Å². The van der Waals surface area contributed by atoms with E-state index < -0.39 is 9.84 Å². The molecule has 0 bridgehead atoms.